The molecule has 0 fully saturated rings. The maximum absolute atomic E-state index is 11.9. The largest absolute Gasteiger partial charge is 0.486 e. The molecule has 0 aliphatic carbocycles. The van der Waals surface area contributed by atoms with E-state index < -0.39 is 30.4 Å². The van der Waals surface area contributed by atoms with Gasteiger partial charge < -0.3 is 29.3 Å². The van der Waals surface area contributed by atoms with E-state index in [1.807, 2.05) is 18.2 Å². The topological polar surface area (TPSA) is 116 Å². The van der Waals surface area contributed by atoms with E-state index in [1.165, 1.54) is 19.3 Å². The summed E-state index contributed by atoms with van der Waals surface area (Å²) in [5, 5.41) is 5.11. The molecule has 1 aromatic carbocycles. The summed E-state index contributed by atoms with van der Waals surface area (Å²) in [6.07, 6.45) is 1.94. The van der Waals surface area contributed by atoms with Crippen LogP contribution in [0.3, 0.4) is 0 Å². The summed E-state index contributed by atoms with van der Waals surface area (Å²) in [5.74, 6) is -0.194. The molecular formula is C20H22N2O7. The predicted molar refractivity (Wildman–Crippen MR) is 101 cm³/mol. The van der Waals surface area contributed by atoms with E-state index in [1.54, 1.807) is 6.07 Å². The molecule has 154 valence electrons. The zero-order valence-corrected chi connectivity index (χ0v) is 15.9. The lowest BCUT2D eigenvalue weighted by Gasteiger charge is -2.18. The standard InChI is InChI=1S/C20H22N2O7/c1-13(22-19(24)16-3-2-8-26-16)20(25)29-12-18(23)21-7-6-14-4-5-15-17(11-14)28-10-9-27-15/h2-5,8,11,13H,6-7,9-10,12H2,1H3,(H,21,23)(H,22,24)/t13-/m0/s1. The Kier molecular flexibility index (Phi) is 6.72. The fourth-order valence-electron chi connectivity index (χ4n) is 2.64. The SMILES string of the molecule is C[C@H](NC(=O)c1ccco1)C(=O)OCC(=O)NCCc1ccc2c(c1)OCCO2. The number of carbonyl (C=O) groups is 3. The molecule has 9 nitrogen and oxygen atoms in total. The van der Waals surface area contributed by atoms with Crippen LogP contribution in [-0.2, 0) is 20.7 Å². The molecule has 2 amide bonds. The van der Waals surface area contributed by atoms with Crippen LogP contribution in [0.5, 0.6) is 11.5 Å². The van der Waals surface area contributed by atoms with E-state index in [0.29, 0.717) is 37.7 Å². The lowest BCUT2D eigenvalue weighted by atomic mass is 10.1. The van der Waals surface area contributed by atoms with Gasteiger partial charge in [0, 0.05) is 6.54 Å². The van der Waals surface area contributed by atoms with E-state index in [-0.39, 0.29) is 5.76 Å². The second kappa shape index (κ2) is 9.63. The monoisotopic (exact) mass is 402 g/mol. The third-order valence-corrected chi connectivity index (χ3v) is 4.13. The summed E-state index contributed by atoms with van der Waals surface area (Å²) in [5.41, 5.74) is 0.987. The second-order valence-corrected chi connectivity index (χ2v) is 6.36. The molecule has 1 aliphatic heterocycles. The van der Waals surface area contributed by atoms with E-state index in [4.69, 9.17) is 18.6 Å². The van der Waals surface area contributed by atoms with Crippen molar-refractivity contribution in [3.05, 3.63) is 47.9 Å². The molecule has 1 aliphatic rings. The van der Waals surface area contributed by atoms with Crippen molar-refractivity contribution in [2.45, 2.75) is 19.4 Å². The average Bonchev–Trinajstić information content (AvgIpc) is 3.27. The van der Waals surface area contributed by atoms with Crippen LogP contribution in [0.2, 0.25) is 0 Å². The quantitative estimate of drug-likeness (QED) is 0.635. The molecule has 3 rings (SSSR count). The first-order valence-electron chi connectivity index (χ1n) is 9.19. The van der Waals surface area contributed by atoms with Crippen LogP contribution in [0, 0.1) is 0 Å². The fourth-order valence-corrected chi connectivity index (χ4v) is 2.64. The van der Waals surface area contributed by atoms with Gasteiger partial charge in [0.2, 0.25) is 0 Å². The van der Waals surface area contributed by atoms with Crippen molar-refractivity contribution in [3.63, 3.8) is 0 Å². The summed E-state index contributed by atoms with van der Waals surface area (Å²) in [6, 6.07) is 7.74. The molecule has 1 atom stereocenters. The number of nitrogens with one attached hydrogen (secondary N) is 2. The molecule has 0 saturated heterocycles. The van der Waals surface area contributed by atoms with Crippen LogP contribution < -0.4 is 20.1 Å². The van der Waals surface area contributed by atoms with Crippen molar-refractivity contribution in [1.82, 2.24) is 10.6 Å². The van der Waals surface area contributed by atoms with Gasteiger partial charge in [-0.2, -0.15) is 0 Å². The summed E-state index contributed by atoms with van der Waals surface area (Å²) in [7, 11) is 0. The highest BCUT2D eigenvalue weighted by molar-refractivity contribution is 5.94. The Morgan fingerprint density at radius 3 is 2.69 bits per heavy atom. The normalized spacial score (nSPS) is 13.3. The number of benzene rings is 1. The Morgan fingerprint density at radius 2 is 1.93 bits per heavy atom. The number of rotatable bonds is 8. The number of furan rings is 1. The van der Waals surface area contributed by atoms with Gasteiger partial charge in [-0.25, -0.2) is 4.79 Å². The molecule has 1 aromatic heterocycles. The molecule has 2 heterocycles. The predicted octanol–water partition coefficient (Wildman–Crippen LogP) is 1.07. The number of carbonyl (C=O) groups excluding carboxylic acids is 3. The first-order valence-corrected chi connectivity index (χ1v) is 9.19. The maximum atomic E-state index is 11.9. The van der Waals surface area contributed by atoms with Crippen LogP contribution in [0.25, 0.3) is 0 Å². The number of ether oxygens (including phenoxy) is 3. The van der Waals surface area contributed by atoms with Crippen molar-refractivity contribution in [2.24, 2.45) is 0 Å². The van der Waals surface area contributed by atoms with Gasteiger partial charge in [-0.05, 0) is 43.2 Å². The molecule has 0 spiro atoms. The Bertz CT molecular complexity index is 864. The summed E-state index contributed by atoms with van der Waals surface area (Å²) >= 11 is 0. The highest BCUT2D eigenvalue weighted by atomic mass is 16.6. The van der Waals surface area contributed by atoms with Crippen LogP contribution in [0.1, 0.15) is 23.0 Å². The first-order chi connectivity index (χ1) is 14.0. The number of fused-ring (bicyclic) bond motifs is 1. The average molecular weight is 402 g/mol. The molecule has 9 heteroatoms. The van der Waals surface area contributed by atoms with E-state index in [0.717, 1.165) is 5.56 Å². The van der Waals surface area contributed by atoms with Crippen molar-refractivity contribution in [2.75, 3.05) is 26.4 Å². The molecule has 0 saturated carbocycles. The Labute approximate surface area is 167 Å². The van der Waals surface area contributed by atoms with Gasteiger partial charge in [-0.3, -0.25) is 9.59 Å². The zero-order chi connectivity index (χ0) is 20.6. The Morgan fingerprint density at radius 1 is 1.14 bits per heavy atom. The highest BCUT2D eigenvalue weighted by Crippen LogP contribution is 2.30. The number of hydrogen-bond donors (Lipinski definition) is 2. The van der Waals surface area contributed by atoms with Crippen LogP contribution in [0.15, 0.2) is 41.0 Å². The van der Waals surface area contributed by atoms with Gasteiger partial charge >= 0.3 is 5.97 Å². The fraction of sp³-hybridized carbons (Fsp3) is 0.350. The summed E-state index contributed by atoms with van der Waals surface area (Å²) < 4.78 is 20.9. The molecule has 2 aromatic rings. The van der Waals surface area contributed by atoms with Crippen LogP contribution >= 0.6 is 0 Å². The highest BCUT2D eigenvalue weighted by Gasteiger charge is 2.20. The molecule has 2 N–H and O–H groups in total. The Hall–Kier alpha value is -3.49. The summed E-state index contributed by atoms with van der Waals surface area (Å²) in [4.78, 5) is 35.6. The van der Waals surface area contributed by atoms with Gasteiger partial charge in [-0.15, -0.1) is 0 Å². The number of amides is 2. The smallest absolute Gasteiger partial charge is 0.328 e. The second-order valence-electron chi connectivity index (χ2n) is 6.36. The first kappa shape index (κ1) is 20.2. The lowest BCUT2D eigenvalue weighted by molar-refractivity contribution is -0.150. The van der Waals surface area contributed by atoms with E-state index in [2.05, 4.69) is 10.6 Å². The van der Waals surface area contributed by atoms with Gasteiger partial charge in [0.1, 0.15) is 19.3 Å². The molecule has 0 radical (unpaired) electrons. The summed E-state index contributed by atoms with van der Waals surface area (Å²) in [6.45, 7) is 2.45. The third kappa shape index (κ3) is 5.74. The molecule has 29 heavy (non-hydrogen) atoms. The minimum absolute atomic E-state index is 0.0848. The zero-order valence-electron chi connectivity index (χ0n) is 15.9. The van der Waals surface area contributed by atoms with Gasteiger partial charge in [0.25, 0.3) is 11.8 Å². The van der Waals surface area contributed by atoms with Crippen molar-refractivity contribution in [3.8, 4) is 11.5 Å². The maximum Gasteiger partial charge on any atom is 0.328 e. The number of hydrogen-bond acceptors (Lipinski definition) is 7. The minimum Gasteiger partial charge on any atom is -0.486 e. The molecular weight excluding hydrogens is 380 g/mol. The van der Waals surface area contributed by atoms with Gasteiger partial charge in [0.15, 0.2) is 23.9 Å². The molecule has 0 unspecified atom stereocenters. The molecule has 0 bridgehead atoms. The van der Waals surface area contributed by atoms with Crippen LogP contribution in [0.4, 0.5) is 0 Å². The van der Waals surface area contributed by atoms with Gasteiger partial charge in [0.05, 0.1) is 6.26 Å². The van der Waals surface area contributed by atoms with Gasteiger partial charge in [-0.1, -0.05) is 6.07 Å². The third-order valence-electron chi connectivity index (χ3n) is 4.13. The van der Waals surface area contributed by atoms with Crippen molar-refractivity contribution >= 4 is 17.8 Å². The Balaban J connectivity index is 1.35. The van der Waals surface area contributed by atoms with Crippen LogP contribution in [-0.4, -0.2) is 50.2 Å². The van der Waals surface area contributed by atoms with E-state index >= 15 is 0 Å². The van der Waals surface area contributed by atoms with Crippen molar-refractivity contribution < 1.29 is 33.0 Å². The lowest BCUT2D eigenvalue weighted by Crippen LogP contribution is -2.41. The number of esters is 1. The van der Waals surface area contributed by atoms with E-state index in [9.17, 15) is 14.4 Å². The minimum atomic E-state index is -0.918. The van der Waals surface area contributed by atoms with Crippen molar-refractivity contribution in [1.29, 1.82) is 0 Å².